The number of para-hydroxylation sites is 3. The molecule has 0 saturated heterocycles. The molecule has 7 heteroatoms. The average Bonchev–Trinajstić information content (AvgIpc) is 2.68. The van der Waals surface area contributed by atoms with Crippen LogP contribution in [0.1, 0.15) is 24.9 Å². The number of H-pyrrole nitrogens is 1. The molecule has 1 heterocycles. The lowest BCUT2D eigenvalue weighted by atomic mass is 10.2. The number of rotatable bonds is 7. The van der Waals surface area contributed by atoms with E-state index in [0.29, 0.717) is 34.8 Å². The molecule has 1 atom stereocenters. The van der Waals surface area contributed by atoms with Gasteiger partial charge in [0.15, 0.2) is 0 Å². The van der Waals surface area contributed by atoms with Crippen LogP contribution in [0, 0.1) is 0 Å². The van der Waals surface area contributed by atoms with Gasteiger partial charge in [0.1, 0.15) is 11.6 Å². The molecule has 0 spiro atoms. The van der Waals surface area contributed by atoms with Gasteiger partial charge < -0.3 is 15.0 Å². The standard InChI is InChI=1S/C20H21N3O3S/c1-3-26-17-11-7-6-10-16(17)21-18(24)12-27-13(2)19-22-15-9-5-4-8-14(15)20(25)23-19/h4-11,13H,3,12H2,1-2H3,(H,21,24)(H,22,23,25). The summed E-state index contributed by atoms with van der Waals surface area (Å²) in [5, 5.41) is 3.30. The minimum absolute atomic E-state index is 0.129. The fourth-order valence-corrected chi connectivity index (χ4v) is 3.36. The molecule has 2 N–H and O–H groups in total. The molecule has 3 aromatic rings. The molecular weight excluding hydrogens is 362 g/mol. The number of carbonyl (C=O) groups is 1. The summed E-state index contributed by atoms with van der Waals surface area (Å²) in [6.45, 7) is 4.34. The van der Waals surface area contributed by atoms with Crippen LogP contribution in [0.5, 0.6) is 5.75 Å². The Kier molecular flexibility index (Phi) is 6.13. The van der Waals surface area contributed by atoms with Gasteiger partial charge in [-0.25, -0.2) is 4.98 Å². The zero-order valence-electron chi connectivity index (χ0n) is 15.2. The fourth-order valence-electron chi connectivity index (χ4n) is 2.61. The summed E-state index contributed by atoms with van der Waals surface area (Å²) in [7, 11) is 0. The van der Waals surface area contributed by atoms with Crippen molar-refractivity contribution in [2.75, 3.05) is 17.7 Å². The van der Waals surface area contributed by atoms with E-state index in [1.54, 1.807) is 12.1 Å². The number of thioether (sulfide) groups is 1. The molecule has 0 aliphatic carbocycles. The number of aromatic nitrogens is 2. The zero-order valence-corrected chi connectivity index (χ0v) is 16.0. The number of hydrogen-bond donors (Lipinski definition) is 2. The van der Waals surface area contributed by atoms with Crippen LogP contribution < -0.4 is 15.6 Å². The van der Waals surface area contributed by atoms with Crippen molar-refractivity contribution in [3.8, 4) is 5.75 Å². The van der Waals surface area contributed by atoms with Gasteiger partial charge in [-0.05, 0) is 38.1 Å². The molecule has 3 rings (SSSR count). The topological polar surface area (TPSA) is 84.1 Å². The highest BCUT2D eigenvalue weighted by atomic mass is 32.2. The van der Waals surface area contributed by atoms with E-state index in [2.05, 4.69) is 15.3 Å². The monoisotopic (exact) mass is 383 g/mol. The van der Waals surface area contributed by atoms with Crippen LogP contribution in [-0.4, -0.2) is 28.2 Å². The second-order valence-corrected chi connectivity index (χ2v) is 7.23. The van der Waals surface area contributed by atoms with Crippen molar-refractivity contribution < 1.29 is 9.53 Å². The number of anilines is 1. The first-order chi connectivity index (χ1) is 13.1. The van der Waals surface area contributed by atoms with Crippen LogP contribution in [0.25, 0.3) is 10.9 Å². The lowest BCUT2D eigenvalue weighted by molar-refractivity contribution is -0.113. The van der Waals surface area contributed by atoms with Gasteiger partial charge in [-0.1, -0.05) is 24.3 Å². The van der Waals surface area contributed by atoms with Crippen molar-refractivity contribution in [3.05, 3.63) is 64.7 Å². The quantitative estimate of drug-likeness (QED) is 0.649. The maximum atomic E-state index is 12.3. The molecule has 0 aliphatic rings. The molecule has 1 unspecified atom stereocenters. The first kappa shape index (κ1) is 19.0. The van der Waals surface area contributed by atoms with Crippen LogP contribution in [0.4, 0.5) is 5.69 Å². The third kappa shape index (κ3) is 4.68. The molecule has 1 aromatic heterocycles. The van der Waals surface area contributed by atoms with Gasteiger partial charge in [-0.2, -0.15) is 0 Å². The Labute approximate surface area is 161 Å². The van der Waals surface area contributed by atoms with Crippen molar-refractivity contribution in [3.63, 3.8) is 0 Å². The predicted octanol–water partition coefficient (Wildman–Crippen LogP) is 3.75. The minimum Gasteiger partial charge on any atom is -0.492 e. The first-order valence-electron chi connectivity index (χ1n) is 8.70. The molecule has 0 radical (unpaired) electrons. The van der Waals surface area contributed by atoms with Crippen molar-refractivity contribution in [2.24, 2.45) is 0 Å². The molecule has 140 valence electrons. The van der Waals surface area contributed by atoms with E-state index < -0.39 is 0 Å². The van der Waals surface area contributed by atoms with Crippen molar-refractivity contribution in [1.29, 1.82) is 0 Å². The van der Waals surface area contributed by atoms with Crippen LogP contribution in [0.2, 0.25) is 0 Å². The third-order valence-corrected chi connectivity index (χ3v) is 5.09. The number of nitrogens with zero attached hydrogens (tertiary/aromatic N) is 1. The van der Waals surface area contributed by atoms with E-state index in [9.17, 15) is 9.59 Å². The highest BCUT2D eigenvalue weighted by Crippen LogP contribution is 2.27. The Morgan fingerprint density at radius 1 is 1.22 bits per heavy atom. The van der Waals surface area contributed by atoms with Crippen LogP contribution >= 0.6 is 11.8 Å². The summed E-state index contributed by atoms with van der Waals surface area (Å²) in [4.78, 5) is 31.8. The number of ether oxygens (including phenoxy) is 1. The SMILES string of the molecule is CCOc1ccccc1NC(=O)CSC(C)c1nc2ccccc2c(=O)[nH]1. The maximum absolute atomic E-state index is 12.3. The Morgan fingerprint density at radius 3 is 2.78 bits per heavy atom. The second-order valence-electron chi connectivity index (χ2n) is 5.90. The summed E-state index contributed by atoms with van der Waals surface area (Å²) in [6, 6.07) is 14.5. The molecule has 0 saturated carbocycles. The summed E-state index contributed by atoms with van der Waals surface area (Å²) in [6.07, 6.45) is 0. The van der Waals surface area contributed by atoms with E-state index >= 15 is 0 Å². The molecule has 6 nitrogen and oxygen atoms in total. The summed E-state index contributed by atoms with van der Waals surface area (Å²) >= 11 is 1.41. The van der Waals surface area contributed by atoms with E-state index in [1.807, 2.05) is 50.2 Å². The van der Waals surface area contributed by atoms with E-state index in [0.717, 1.165) is 0 Å². The molecule has 0 aliphatic heterocycles. The van der Waals surface area contributed by atoms with Crippen LogP contribution in [0.15, 0.2) is 53.3 Å². The lowest BCUT2D eigenvalue weighted by Crippen LogP contribution is -2.17. The number of carbonyl (C=O) groups excluding carboxylic acids is 1. The molecule has 0 fully saturated rings. The Hall–Kier alpha value is -2.80. The van der Waals surface area contributed by atoms with Crippen molar-refractivity contribution >= 4 is 34.3 Å². The van der Waals surface area contributed by atoms with Gasteiger partial charge in [0.05, 0.1) is 34.2 Å². The van der Waals surface area contributed by atoms with Crippen molar-refractivity contribution in [2.45, 2.75) is 19.1 Å². The molecule has 1 amide bonds. The summed E-state index contributed by atoms with van der Waals surface area (Å²) in [5.74, 6) is 1.30. The molecule has 0 bridgehead atoms. The number of amides is 1. The van der Waals surface area contributed by atoms with Crippen LogP contribution in [-0.2, 0) is 4.79 Å². The molecule has 27 heavy (non-hydrogen) atoms. The number of fused-ring (bicyclic) bond motifs is 1. The van der Waals surface area contributed by atoms with E-state index in [4.69, 9.17) is 4.74 Å². The summed E-state index contributed by atoms with van der Waals surface area (Å²) < 4.78 is 5.52. The first-order valence-corrected chi connectivity index (χ1v) is 9.75. The van der Waals surface area contributed by atoms with Crippen LogP contribution in [0.3, 0.4) is 0 Å². The van der Waals surface area contributed by atoms with Gasteiger partial charge in [0, 0.05) is 0 Å². The van der Waals surface area contributed by atoms with Crippen molar-refractivity contribution in [1.82, 2.24) is 9.97 Å². The Bertz CT molecular complexity index is 1000. The lowest BCUT2D eigenvalue weighted by Gasteiger charge is -2.13. The highest BCUT2D eigenvalue weighted by molar-refractivity contribution is 8.00. The van der Waals surface area contributed by atoms with E-state index in [1.165, 1.54) is 11.8 Å². The fraction of sp³-hybridized carbons (Fsp3) is 0.250. The number of benzene rings is 2. The van der Waals surface area contributed by atoms with Gasteiger partial charge >= 0.3 is 0 Å². The number of hydrogen-bond acceptors (Lipinski definition) is 5. The highest BCUT2D eigenvalue weighted by Gasteiger charge is 2.14. The molecular formula is C20H21N3O3S. The maximum Gasteiger partial charge on any atom is 0.258 e. The summed E-state index contributed by atoms with van der Waals surface area (Å²) in [5.41, 5.74) is 1.13. The number of aromatic amines is 1. The zero-order chi connectivity index (χ0) is 19.2. The predicted molar refractivity (Wildman–Crippen MR) is 109 cm³/mol. The van der Waals surface area contributed by atoms with Gasteiger partial charge in [-0.15, -0.1) is 11.8 Å². The normalized spacial score (nSPS) is 11.9. The van der Waals surface area contributed by atoms with Gasteiger partial charge in [0.25, 0.3) is 5.56 Å². The second kappa shape index (κ2) is 8.73. The van der Waals surface area contributed by atoms with Gasteiger partial charge in [-0.3, -0.25) is 9.59 Å². The largest absolute Gasteiger partial charge is 0.492 e. The Morgan fingerprint density at radius 2 is 1.96 bits per heavy atom. The average molecular weight is 383 g/mol. The van der Waals surface area contributed by atoms with Gasteiger partial charge in [0.2, 0.25) is 5.91 Å². The minimum atomic E-state index is -0.168. The molecule has 2 aromatic carbocycles. The smallest absolute Gasteiger partial charge is 0.258 e. The van der Waals surface area contributed by atoms with E-state index in [-0.39, 0.29) is 22.5 Å². The number of nitrogens with one attached hydrogen (secondary N) is 2. The third-order valence-electron chi connectivity index (χ3n) is 3.94. The Balaban J connectivity index is 1.65.